The normalized spacial score (nSPS) is 14.7. The van der Waals surface area contributed by atoms with E-state index in [4.69, 9.17) is 21.9 Å². The minimum atomic E-state index is -1.78. The number of aliphatic imine (C=N–C) groups is 1. The summed E-state index contributed by atoms with van der Waals surface area (Å²) in [7, 11) is 0. The van der Waals surface area contributed by atoms with Crippen LogP contribution >= 0.6 is 0 Å². The minimum absolute atomic E-state index is 0.0218. The molecule has 1 aliphatic rings. The van der Waals surface area contributed by atoms with Crippen molar-refractivity contribution in [2.24, 2.45) is 28.1 Å². The van der Waals surface area contributed by atoms with Crippen LogP contribution in [0.4, 0.5) is 4.79 Å². The van der Waals surface area contributed by atoms with Gasteiger partial charge in [0.05, 0.1) is 19.7 Å². The van der Waals surface area contributed by atoms with Crippen LogP contribution in [0.1, 0.15) is 82.4 Å². The number of guanidine groups is 1. The number of aromatic nitrogens is 1. The zero-order valence-electron chi connectivity index (χ0n) is 49.4. The molecule has 3 aromatic carbocycles. The topological polar surface area (TPSA) is 455 Å². The number of aromatic hydroxyl groups is 1. The van der Waals surface area contributed by atoms with Crippen molar-refractivity contribution in [1.29, 1.82) is 0 Å². The van der Waals surface area contributed by atoms with Gasteiger partial charge < -0.3 is 89.9 Å². The van der Waals surface area contributed by atoms with E-state index >= 15 is 0 Å². The number of likely N-dealkylation sites (tertiary alicyclic amines) is 1. The van der Waals surface area contributed by atoms with E-state index in [2.05, 4.69) is 57.8 Å². The molecule has 1 aromatic heterocycles. The lowest BCUT2D eigenvalue weighted by molar-refractivity contribution is -0.142. The first kappa shape index (κ1) is 69.0. The van der Waals surface area contributed by atoms with Crippen molar-refractivity contribution in [2.45, 2.75) is 127 Å². The number of aliphatic hydroxyl groups excluding tert-OH is 1. The number of para-hydroxylation sites is 1. The van der Waals surface area contributed by atoms with Crippen molar-refractivity contribution in [3.8, 4) is 5.75 Å². The van der Waals surface area contributed by atoms with Gasteiger partial charge in [-0.05, 0) is 86.3 Å². The highest BCUT2D eigenvalue weighted by Gasteiger charge is 2.39. The van der Waals surface area contributed by atoms with Crippen LogP contribution in [0, 0.1) is 5.92 Å². The minimum Gasteiger partial charge on any atom is -0.508 e. The summed E-state index contributed by atoms with van der Waals surface area (Å²) in [5, 5.41) is 44.2. The smallest absolute Gasteiger partial charge is 0.408 e. The summed E-state index contributed by atoms with van der Waals surface area (Å²) >= 11 is 0. The maximum atomic E-state index is 14.4. The number of aliphatic hydroxyl groups is 1. The number of rotatable bonds is 34. The summed E-state index contributed by atoms with van der Waals surface area (Å²) in [4.78, 5) is 157. The molecule has 0 unspecified atom stereocenters. The number of hydrogen-bond donors (Lipinski definition) is 15. The van der Waals surface area contributed by atoms with E-state index < -0.39 is 121 Å². The number of carbonyl (C=O) groups is 11. The third kappa shape index (κ3) is 22.6. The number of fused-ring (bicyclic) bond motifs is 1. The second kappa shape index (κ2) is 35.0. The van der Waals surface area contributed by atoms with Gasteiger partial charge in [-0.2, -0.15) is 0 Å². The molecule has 11 amide bonds. The lowest BCUT2D eigenvalue weighted by atomic mass is 10.0. The number of amides is 11. The number of likely N-dealkylation sites (N-methyl/N-ethyl adjacent to an activating group) is 1. The number of nitrogens with one attached hydrogen (secondary N) is 10. The first-order valence-corrected chi connectivity index (χ1v) is 28.9. The molecule has 29 nitrogen and oxygen atoms in total. The summed E-state index contributed by atoms with van der Waals surface area (Å²) in [6, 6.07) is 11.6. The Morgan fingerprint density at radius 2 is 1.30 bits per heavy atom. The molecule has 476 valence electrons. The number of primary amides is 1. The van der Waals surface area contributed by atoms with Gasteiger partial charge in [0.15, 0.2) is 5.96 Å². The van der Waals surface area contributed by atoms with Gasteiger partial charge in [0, 0.05) is 56.0 Å². The molecular weight excluding hydrogens is 1140 g/mol. The molecule has 4 aromatic rings. The number of hydrogen-bond acceptors (Lipinski definition) is 15. The van der Waals surface area contributed by atoms with Crippen LogP contribution in [0.3, 0.4) is 0 Å². The van der Waals surface area contributed by atoms with Gasteiger partial charge >= 0.3 is 6.09 Å². The van der Waals surface area contributed by atoms with E-state index in [0.717, 1.165) is 0 Å². The lowest BCUT2D eigenvalue weighted by Crippen LogP contribution is -2.60. The van der Waals surface area contributed by atoms with Crippen molar-refractivity contribution < 1.29 is 67.7 Å². The van der Waals surface area contributed by atoms with Crippen LogP contribution in [-0.2, 0) is 72.1 Å². The molecule has 0 bridgehead atoms. The molecule has 1 fully saturated rings. The second-order valence-corrected chi connectivity index (χ2v) is 21.4. The predicted molar refractivity (Wildman–Crippen MR) is 321 cm³/mol. The average molecular weight is 1220 g/mol. The molecule has 1 saturated heterocycles. The van der Waals surface area contributed by atoms with Crippen LogP contribution in [0.25, 0.3) is 10.9 Å². The quantitative estimate of drug-likeness (QED) is 0.0138. The highest BCUT2D eigenvalue weighted by atomic mass is 16.5. The number of aromatic amines is 1. The van der Waals surface area contributed by atoms with E-state index in [-0.39, 0.29) is 88.8 Å². The number of H-pyrrole nitrogens is 1. The van der Waals surface area contributed by atoms with Gasteiger partial charge in [-0.1, -0.05) is 74.5 Å². The highest BCUT2D eigenvalue weighted by Crippen LogP contribution is 2.22. The number of nitrogens with zero attached hydrogens (tertiary/aromatic N) is 2. The SMILES string of the molecule is CCNC(=O)CNC(=O)[C@@H]1CCCN1C(=O)[C@H](CCCN=C(N)N)NC(=O)[C@H](CC(C)C)NC(=O)CNC(=O)[C@H](Cc1ccc(O)cc1)NC(=O)[C@H](CO)NC(=O)[C@H](Cc1c[nH]c2ccccc12)NC(=O)[C@H](CCC(N)=O)NC(=O)OCc1ccccc1. The Morgan fingerprint density at radius 1 is 0.670 bits per heavy atom. The number of phenolic OH excluding ortho intramolecular Hbond substituents is 1. The van der Waals surface area contributed by atoms with E-state index in [0.29, 0.717) is 47.0 Å². The third-order valence-corrected chi connectivity index (χ3v) is 14.0. The molecule has 88 heavy (non-hydrogen) atoms. The van der Waals surface area contributed by atoms with E-state index in [1.54, 1.807) is 81.6 Å². The Kier molecular flexibility index (Phi) is 27.4. The highest BCUT2D eigenvalue weighted by molar-refractivity contribution is 5.98. The molecule has 0 aliphatic carbocycles. The molecule has 2 heterocycles. The van der Waals surface area contributed by atoms with Crippen molar-refractivity contribution in [3.63, 3.8) is 0 Å². The molecule has 18 N–H and O–H groups in total. The molecule has 0 spiro atoms. The molecule has 0 radical (unpaired) electrons. The monoisotopic (exact) mass is 1220 g/mol. The Morgan fingerprint density at radius 3 is 1.97 bits per heavy atom. The number of ether oxygens (including phenoxy) is 1. The first-order valence-electron chi connectivity index (χ1n) is 28.9. The number of nitrogens with two attached hydrogens (primary N) is 3. The summed E-state index contributed by atoms with van der Waals surface area (Å²) in [6.07, 6.45) is 0.525. The fraction of sp³-hybridized carbons (Fsp3) is 0.458. The fourth-order valence-corrected chi connectivity index (χ4v) is 9.60. The Balaban J connectivity index is 1.31. The zero-order chi connectivity index (χ0) is 64.3. The van der Waals surface area contributed by atoms with Gasteiger partial charge in [-0.15, -0.1) is 0 Å². The van der Waals surface area contributed by atoms with Gasteiger partial charge in [0.25, 0.3) is 0 Å². The summed E-state index contributed by atoms with van der Waals surface area (Å²) < 4.78 is 5.31. The van der Waals surface area contributed by atoms with Crippen molar-refractivity contribution >= 4 is 82.0 Å². The molecular formula is C59H81N15O14. The molecule has 1 aliphatic heterocycles. The average Bonchev–Trinajstić information content (AvgIpc) is 4.39. The lowest BCUT2D eigenvalue weighted by Gasteiger charge is -2.30. The Hall–Kier alpha value is -9.80. The largest absolute Gasteiger partial charge is 0.508 e. The summed E-state index contributed by atoms with van der Waals surface area (Å²) in [5.41, 5.74) is 18.7. The van der Waals surface area contributed by atoms with Gasteiger partial charge in [0.1, 0.15) is 54.6 Å². The fourth-order valence-electron chi connectivity index (χ4n) is 9.60. The van der Waals surface area contributed by atoms with Crippen LogP contribution in [0.5, 0.6) is 5.75 Å². The number of carbonyl (C=O) groups excluding carboxylic acids is 11. The van der Waals surface area contributed by atoms with Crippen LogP contribution < -0.4 is 65.1 Å². The van der Waals surface area contributed by atoms with E-state index in [9.17, 15) is 63.0 Å². The van der Waals surface area contributed by atoms with Gasteiger partial charge in [-0.25, -0.2) is 4.79 Å². The van der Waals surface area contributed by atoms with Gasteiger partial charge in [0.2, 0.25) is 59.1 Å². The van der Waals surface area contributed by atoms with Crippen LogP contribution in [-0.4, -0.2) is 173 Å². The maximum absolute atomic E-state index is 14.4. The second-order valence-electron chi connectivity index (χ2n) is 21.4. The predicted octanol–water partition coefficient (Wildman–Crippen LogP) is -1.91. The van der Waals surface area contributed by atoms with E-state index in [1.165, 1.54) is 29.2 Å². The number of alkyl carbamates (subject to hydrolysis) is 1. The third-order valence-electron chi connectivity index (χ3n) is 14.0. The van der Waals surface area contributed by atoms with Gasteiger partial charge in [-0.3, -0.25) is 52.9 Å². The van der Waals surface area contributed by atoms with Crippen molar-refractivity contribution in [3.05, 3.63) is 102 Å². The number of benzene rings is 3. The zero-order valence-corrected chi connectivity index (χ0v) is 49.4. The van der Waals surface area contributed by atoms with Crippen molar-refractivity contribution in [1.82, 2.24) is 57.7 Å². The molecule has 0 saturated carbocycles. The van der Waals surface area contributed by atoms with Crippen LogP contribution in [0.2, 0.25) is 0 Å². The first-order chi connectivity index (χ1) is 42.0. The number of phenols is 1. The summed E-state index contributed by atoms with van der Waals surface area (Å²) in [5.74, 6) is -8.43. The molecule has 7 atom stereocenters. The molecule has 29 heteroatoms. The van der Waals surface area contributed by atoms with Crippen molar-refractivity contribution in [2.75, 3.05) is 39.3 Å². The van der Waals surface area contributed by atoms with E-state index in [1.807, 2.05) is 0 Å². The summed E-state index contributed by atoms with van der Waals surface area (Å²) in [6.45, 7) is 3.68. The standard InChI is InChI=1S/C59H81N15O14/c1-4-63-49(78)30-67-56(85)47-17-11-25-74(47)57(86)42(16-10-24-64-58(61)62)69-53(82)43(26-34(2)3)68-50(79)31-66-51(80)44(27-35-18-20-38(76)21-19-35)70-55(84)46(32-75)72-54(83)45(28-37-29-65-40-15-9-8-14-39(37)40)71-52(81)41(22-23-48(60)77)73-59(87)88-33-36-12-6-5-7-13-36/h5-9,12-15,18-21,29,34,41-47,65,75-76H,4,10-11,16-17,22-28,30-33H2,1-3H3,(H2,60,77)(H,63,78)(H,66,80)(H,67,85)(H,68,79)(H,69,82)(H,70,84)(H,71,81)(H,72,83)(H,73,87)(H4,61,62,64)/t41-,42-,43-,44-,45-,46-,47-/m0/s1. The van der Waals surface area contributed by atoms with Crippen LogP contribution in [0.15, 0.2) is 90.1 Å². The maximum Gasteiger partial charge on any atom is 0.408 e. The molecule has 5 rings (SSSR count). The Labute approximate surface area is 508 Å². The Bertz CT molecular complexity index is 3080.